The molecule has 1 aromatic heterocycles. The van der Waals surface area contributed by atoms with Gasteiger partial charge < -0.3 is 30.3 Å². The highest BCUT2D eigenvalue weighted by Gasteiger charge is 2.38. The zero-order chi connectivity index (χ0) is 29.7. The SMILES string of the molecule is COC(=O)c1ccc2cc1Nc1nc(ncc1Cl)Nc1ccc(N3CCN(C)CC3)c(c1)CC2.O=C(O)C(F)(F)F. The predicted molar refractivity (Wildman–Crippen MR) is 149 cm³/mol. The van der Waals surface area contributed by atoms with E-state index in [1.54, 1.807) is 12.3 Å². The number of carbonyl (C=O) groups is 2. The fourth-order valence-corrected chi connectivity index (χ4v) is 4.55. The number of esters is 1. The van der Waals surface area contributed by atoms with Gasteiger partial charge in [-0.15, -0.1) is 0 Å². The number of hydrogen-bond donors (Lipinski definition) is 3. The minimum atomic E-state index is -5.08. The molecule has 0 aliphatic carbocycles. The van der Waals surface area contributed by atoms with Crippen molar-refractivity contribution in [3.8, 4) is 0 Å². The van der Waals surface area contributed by atoms with Crippen LogP contribution in [0.25, 0.3) is 0 Å². The molecule has 0 atom stereocenters. The number of aliphatic carboxylic acids is 1. The van der Waals surface area contributed by atoms with E-state index < -0.39 is 18.1 Å². The Morgan fingerprint density at radius 2 is 1.76 bits per heavy atom. The minimum absolute atomic E-state index is 0.354. The topological polar surface area (TPSA) is 120 Å². The van der Waals surface area contributed by atoms with Crippen LogP contribution in [0.15, 0.2) is 42.6 Å². The normalized spacial score (nSPS) is 15.0. The van der Waals surface area contributed by atoms with Crippen molar-refractivity contribution in [3.63, 3.8) is 0 Å². The number of aromatic nitrogens is 2. The first kappa shape index (κ1) is 29.9. The Bertz CT molecular complexity index is 1430. The molecular formula is C27H28ClF3N6O4. The van der Waals surface area contributed by atoms with Crippen LogP contribution < -0.4 is 15.5 Å². The van der Waals surface area contributed by atoms with E-state index in [4.69, 9.17) is 26.2 Å². The third-order valence-electron chi connectivity index (χ3n) is 6.59. The summed E-state index contributed by atoms with van der Waals surface area (Å²) in [6.07, 6.45) is -1.87. The van der Waals surface area contributed by atoms with Gasteiger partial charge in [-0.2, -0.15) is 18.2 Å². The third-order valence-corrected chi connectivity index (χ3v) is 6.87. The zero-order valence-corrected chi connectivity index (χ0v) is 23.0. The molecule has 41 heavy (non-hydrogen) atoms. The number of carboxylic acid groups (broad SMARTS) is 1. The quantitative estimate of drug-likeness (QED) is 0.355. The van der Waals surface area contributed by atoms with Gasteiger partial charge in [-0.05, 0) is 61.3 Å². The molecule has 3 N–H and O–H groups in total. The molecule has 1 fully saturated rings. The lowest BCUT2D eigenvalue weighted by Gasteiger charge is -2.35. The van der Waals surface area contributed by atoms with Crippen LogP contribution in [-0.4, -0.2) is 78.4 Å². The summed E-state index contributed by atoms with van der Waals surface area (Å²) in [5.74, 6) is -2.35. The van der Waals surface area contributed by atoms with Crippen LogP contribution >= 0.6 is 11.6 Å². The molecule has 14 heteroatoms. The van der Waals surface area contributed by atoms with Gasteiger partial charge in [0.2, 0.25) is 5.95 Å². The van der Waals surface area contributed by atoms with E-state index >= 15 is 0 Å². The van der Waals surface area contributed by atoms with Crippen LogP contribution in [0.5, 0.6) is 0 Å². The fourth-order valence-electron chi connectivity index (χ4n) is 4.41. The first-order valence-corrected chi connectivity index (χ1v) is 13.0. The average Bonchev–Trinajstić information content (AvgIpc) is 2.94. The number of hydrogen-bond acceptors (Lipinski definition) is 9. The van der Waals surface area contributed by atoms with Gasteiger partial charge in [0.15, 0.2) is 5.82 Å². The number of rotatable bonds is 2. The minimum Gasteiger partial charge on any atom is -0.475 e. The number of piperazine rings is 1. The number of alkyl halides is 3. The summed E-state index contributed by atoms with van der Waals surface area (Å²) in [4.78, 5) is 35.0. The van der Waals surface area contributed by atoms with Gasteiger partial charge in [-0.25, -0.2) is 14.6 Å². The predicted octanol–water partition coefficient (Wildman–Crippen LogP) is 4.89. The van der Waals surface area contributed by atoms with Crippen molar-refractivity contribution in [2.75, 3.05) is 55.9 Å². The molecule has 2 aromatic carbocycles. The highest BCUT2D eigenvalue weighted by Crippen LogP contribution is 2.32. The number of fused-ring (bicyclic) bond motifs is 6. The van der Waals surface area contributed by atoms with E-state index in [-0.39, 0.29) is 0 Å². The van der Waals surface area contributed by atoms with Crippen molar-refractivity contribution in [2.45, 2.75) is 19.0 Å². The van der Waals surface area contributed by atoms with Gasteiger partial charge in [0.05, 0.1) is 24.6 Å². The number of benzene rings is 2. The molecule has 0 saturated carbocycles. The monoisotopic (exact) mass is 592 g/mol. The van der Waals surface area contributed by atoms with Crippen LogP contribution in [0.1, 0.15) is 21.5 Å². The van der Waals surface area contributed by atoms with Crippen LogP contribution in [-0.2, 0) is 22.4 Å². The molecule has 2 aliphatic heterocycles. The van der Waals surface area contributed by atoms with Crippen molar-refractivity contribution >= 4 is 52.4 Å². The maximum absolute atomic E-state index is 12.4. The number of aryl methyl sites for hydroxylation is 2. The van der Waals surface area contributed by atoms with E-state index in [0.29, 0.717) is 28.0 Å². The van der Waals surface area contributed by atoms with Crippen molar-refractivity contribution in [2.24, 2.45) is 0 Å². The molecule has 0 amide bonds. The largest absolute Gasteiger partial charge is 0.490 e. The summed E-state index contributed by atoms with van der Waals surface area (Å²) in [5.41, 5.74) is 5.56. The number of likely N-dealkylation sites (N-methyl/N-ethyl adjacent to an activating group) is 1. The van der Waals surface area contributed by atoms with E-state index in [1.807, 2.05) is 12.1 Å². The Morgan fingerprint density at radius 3 is 2.41 bits per heavy atom. The van der Waals surface area contributed by atoms with Gasteiger partial charge in [-0.1, -0.05) is 17.7 Å². The Labute approximate surface area is 239 Å². The van der Waals surface area contributed by atoms with Gasteiger partial charge in [0.1, 0.15) is 5.02 Å². The lowest BCUT2D eigenvalue weighted by atomic mass is 9.99. The second kappa shape index (κ2) is 12.6. The molecule has 6 bridgehead atoms. The maximum Gasteiger partial charge on any atom is 0.490 e. The molecule has 10 nitrogen and oxygen atoms in total. The molecule has 3 heterocycles. The van der Waals surface area contributed by atoms with E-state index in [2.05, 4.69) is 55.6 Å². The second-order valence-corrected chi connectivity index (χ2v) is 9.86. The molecule has 0 radical (unpaired) electrons. The Balaban J connectivity index is 0.000000493. The highest BCUT2D eigenvalue weighted by atomic mass is 35.5. The summed E-state index contributed by atoms with van der Waals surface area (Å²) in [6, 6.07) is 12.2. The molecule has 218 valence electrons. The van der Waals surface area contributed by atoms with Crippen LogP contribution in [0.3, 0.4) is 0 Å². The number of carbonyl (C=O) groups excluding carboxylic acids is 1. The summed E-state index contributed by atoms with van der Waals surface area (Å²) < 4.78 is 36.7. The molecular weight excluding hydrogens is 565 g/mol. The Kier molecular flexibility index (Phi) is 9.18. The van der Waals surface area contributed by atoms with Crippen molar-refractivity contribution in [3.05, 3.63) is 64.3 Å². The molecule has 0 spiro atoms. The number of halogens is 4. The summed E-state index contributed by atoms with van der Waals surface area (Å²) in [5, 5.41) is 14.0. The van der Waals surface area contributed by atoms with Crippen molar-refractivity contribution < 1.29 is 32.6 Å². The number of nitrogens with one attached hydrogen (secondary N) is 2. The van der Waals surface area contributed by atoms with E-state index in [0.717, 1.165) is 50.3 Å². The van der Waals surface area contributed by atoms with Gasteiger partial charge in [0, 0.05) is 37.6 Å². The summed E-state index contributed by atoms with van der Waals surface area (Å²) in [7, 11) is 3.53. The number of carboxylic acids is 1. The number of anilines is 5. The van der Waals surface area contributed by atoms with Crippen LogP contribution in [0, 0.1) is 0 Å². The molecule has 3 aromatic rings. The zero-order valence-electron chi connectivity index (χ0n) is 22.3. The maximum atomic E-state index is 12.4. The standard InChI is InChI=1S/C25H27ClN6O2.C2HF3O2/c1-31-9-11-32(12-10-31)22-8-6-18-14-17(22)5-3-16-4-7-19(24(33)34-2)21(13-16)29-23-20(26)15-27-25(28-18)30-23;3-2(4,5)1(6)7/h4,6-8,13-15H,3,5,9-12H2,1-2H3,(H2,27,28,29,30);(H,6,7). The lowest BCUT2D eigenvalue weighted by Crippen LogP contribution is -2.44. The number of ether oxygens (including phenoxy) is 1. The number of methoxy groups -OCH3 is 1. The first-order chi connectivity index (χ1) is 19.4. The van der Waals surface area contributed by atoms with Gasteiger partial charge in [0.25, 0.3) is 0 Å². The average molecular weight is 593 g/mol. The van der Waals surface area contributed by atoms with E-state index in [9.17, 15) is 18.0 Å². The molecule has 0 unspecified atom stereocenters. The smallest absolute Gasteiger partial charge is 0.475 e. The molecule has 1 saturated heterocycles. The molecule has 5 rings (SSSR count). The van der Waals surface area contributed by atoms with Gasteiger partial charge in [-0.3, -0.25) is 0 Å². The van der Waals surface area contributed by atoms with Crippen LogP contribution in [0.4, 0.5) is 42.0 Å². The third kappa shape index (κ3) is 7.55. The van der Waals surface area contributed by atoms with E-state index in [1.165, 1.54) is 18.4 Å². The Hall–Kier alpha value is -4.10. The summed E-state index contributed by atoms with van der Waals surface area (Å²) in [6.45, 7) is 4.10. The number of nitrogens with zero attached hydrogens (tertiary/aromatic N) is 4. The summed E-state index contributed by atoms with van der Waals surface area (Å²) >= 11 is 6.38. The highest BCUT2D eigenvalue weighted by molar-refractivity contribution is 6.33. The first-order valence-electron chi connectivity index (χ1n) is 12.6. The second-order valence-electron chi connectivity index (χ2n) is 9.45. The van der Waals surface area contributed by atoms with Crippen molar-refractivity contribution in [1.82, 2.24) is 14.9 Å². The van der Waals surface area contributed by atoms with Crippen molar-refractivity contribution in [1.29, 1.82) is 0 Å². The molecule has 2 aliphatic rings. The van der Waals surface area contributed by atoms with Crippen LogP contribution in [0.2, 0.25) is 5.02 Å². The Morgan fingerprint density at radius 1 is 1.05 bits per heavy atom. The van der Waals surface area contributed by atoms with Gasteiger partial charge >= 0.3 is 18.1 Å². The fraction of sp³-hybridized carbons (Fsp3) is 0.333. The lowest BCUT2D eigenvalue weighted by molar-refractivity contribution is -0.192.